The molecule has 18 heavy (non-hydrogen) atoms. The molecule has 1 heterocycles. The predicted octanol–water partition coefficient (Wildman–Crippen LogP) is 3.24. The van der Waals surface area contributed by atoms with Gasteiger partial charge in [0, 0.05) is 5.41 Å². The van der Waals surface area contributed by atoms with Crippen molar-refractivity contribution in [3.8, 4) is 11.5 Å². The van der Waals surface area contributed by atoms with Crippen LogP contribution in [0.25, 0.3) is 0 Å². The number of carboxylic acids is 1. The molecule has 0 saturated carbocycles. The number of ether oxygens (including phenoxy) is 2. The molecule has 0 saturated heterocycles. The lowest BCUT2D eigenvalue weighted by atomic mass is 9.79. The highest BCUT2D eigenvalue weighted by molar-refractivity contribution is 9.10. The number of aliphatic carboxylic acids is 1. The quantitative estimate of drug-likeness (QED) is 0.930. The van der Waals surface area contributed by atoms with Crippen LogP contribution in [0, 0.1) is 6.92 Å². The van der Waals surface area contributed by atoms with Crippen LogP contribution in [0.1, 0.15) is 31.4 Å². The van der Waals surface area contributed by atoms with E-state index in [1.165, 1.54) is 0 Å². The molecule has 4 nitrogen and oxygen atoms in total. The molecular weight excluding hydrogens is 300 g/mol. The zero-order chi connectivity index (χ0) is 13.5. The van der Waals surface area contributed by atoms with Gasteiger partial charge in [-0.3, -0.25) is 4.79 Å². The van der Waals surface area contributed by atoms with Gasteiger partial charge in [-0.2, -0.15) is 0 Å². The smallest absolute Gasteiger partial charge is 0.304 e. The molecule has 1 aromatic rings. The molecule has 0 atom stereocenters. The van der Waals surface area contributed by atoms with Crippen LogP contribution in [0.5, 0.6) is 11.5 Å². The molecule has 0 spiro atoms. The second-order valence-corrected chi connectivity index (χ2v) is 5.90. The first kappa shape index (κ1) is 13.2. The average Bonchev–Trinajstić information content (AvgIpc) is 2.70. The Kier molecular flexibility index (Phi) is 3.27. The Morgan fingerprint density at radius 1 is 1.44 bits per heavy atom. The van der Waals surface area contributed by atoms with E-state index in [4.69, 9.17) is 14.6 Å². The third-order valence-corrected chi connectivity index (χ3v) is 3.76. The summed E-state index contributed by atoms with van der Waals surface area (Å²) in [7, 11) is 0. The molecule has 0 unspecified atom stereocenters. The summed E-state index contributed by atoms with van der Waals surface area (Å²) >= 11 is 3.44. The molecule has 1 aliphatic heterocycles. The number of hydrogen-bond donors (Lipinski definition) is 1. The minimum absolute atomic E-state index is 0.0694. The van der Waals surface area contributed by atoms with Gasteiger partial charge in [0.25, 0.3) is 0 Å². The lowest BCUT2D eigenvalue weighted by Crippen LogP contribution is -2.23. The van der Waals surface area contributed by atoms with Crippen molar-refractivity contribution in [1.82, 2.24) is 0 Å². The number of fused-ring (bicyclic) bond motifs is 1. The Balaban J connectivity index is 2.52. The fraction of sp³-hybridized carbons (Fsp3) is 0.462. The van der Waals surface area contributed by atoms with E-state index in [9.17, 15) is 4.79 Å². The topological polar surface area (TPSA) is 55.8 Å². The molecule has 0 bridgehead atoms. The Morgan fingerprint density at radius 3 is 2.67 bits per heavy atom. The van der Waals surface area contributed by atoms with Crippen LogP contribution in [0.4, 0.5) is 0 Å². The number of hydrogen-bond acceptors (Lipinski definition) is 3. The molecule has 1 aromatic carbocycles. The highest BCUT2D eigenvalue weighted by Gasteiger charge is 2.31. The van der Waals surface area contributed by atoms with Crippen molar-refractivity contribution < 1.29 is 19.4 Å². The van der Waals surface area contributed by atoms with Crippen LogP contribution >= 0.6 is 15.9 Å². The zero-order valence-corrected chi connectivity index (χ0v) is 12.1. The largest absolute Gasteiger partial charge is 0.481 e. The van der Waals surface area contributed by atoms with E-state index in [0.717, 1.165) is 15.6 Å². The van der Waals surface area contributed by atoms with Gasteiger partial charge < -0.3 is 14.6 Å². The van der Waals surface area contributed by atoms with E-state index in [2.05, 4.69) is 15.9 Å². The molecule has 5 heteroatoms. The first-order chi connectivity index (χ1) is 8.33. The molecule has 1 N–H and O–H groups in total. The van der Waals surface area contributed by atoms with Gasteiger partial charge in [-0.1, -0.05) is 13.8 Å². The summed E-state index contributed by atoms with van der Waals surface area (Å²) in [6.45, 7) is 5.96. The van der Waals surface area contributed by atoms with Crippen LogP contribution in [0.3, 0.4) is 0 Å². The molecular formula is C13H15BrO4. The standard InChI is InChI=1S/C13H15BrO4/c1-7-8(13(2,3)5-10(15)16)4-9(14)12-11(7)17-6-18-12/h4H,5-6H2,1-3H3,(H,15,16). The molecule has 0 aliphatic carbocycles. The molecule has 0 radical (unpaired) electrons. The van der Waals surface area contributed by atoms with Crippen LogP contribution in [-0.4, -0.2) is 17.9 Å². The fourth-order valence-electron chi connectivity index (χ4n) is 2.33. The number of carbonyl (C=O) groups is 1. The van der Waals surface area contributed by atoms with Crippen molar-refractivity contribution in [2.24, 2.45) is 0 Å². The van der Waals surface area contributed by atoms with Crippen LogP contribution in [-0.2, 0) is 10.2 Å². The Morgan fingerprint density at radius 2 is 2.06 bits per heavy atom. The van der Waals surface area contributed by atoms with Crippen LogP contribution in [0.2, 0.25) is 0 Å². The van der Waals surface area contributed by atoms with Crippen LogP contribution in [0.15, 0.2) is 10.5 Å². The minimum atomic E-state index is -0.812. The van der Waals surface area contributed by atoms with Crippen molar-refractivity contribution in [3.63, 3.8) is 0 Å². The molecule has 98 valence electrons. The minimum Gasteiger partial charge on any atom is -0.481 e. The lowest BCUT2D eigenvalue weighted by molar-refractivity contribution is -0.138. The van der Waals surface area contributed by atoms with Crippen molar-refractivity contribution in [3.05, 3.63) is 21.7 Å². The summed E-state index contributed by atoms with van der Waals surface area (Å²) in [6, 6.07) is 1.92. The van der Waals surface area contributed by atoms with Crippen LogP contribution < -0.4 is 9.47 Å². The van der Waals surface area contributed by atoms with E-state index >= 15 is 0 Å². The number of carboxylic acid groups (broad SMARTS) is 1. The van der Waals surface area contributed by atoms with E-state index in [0.29, 0.717) is 11.5 Å². The van der Waals surface area contributed by atoms with Gasteiger partial charge in [-0.15, -0.1) is 0 Å². The van der Waals surface area contributed by atoms with Gasteiger partial charge in [-0.25, -0.2) is 0 Å². The second kappa shape index (κ2) is 4.46. The molecule has 2 rings (SSSR count). The summed E-state index contributed by atoms with van der Waals surface area (Å²) in [5.74, 6) is 0.591. The predicted molar refractivity (Wildman–Crippen MR) is 70.3 cm³/mol. The number of rotatable bonds is 3. The summed E-state index contributed by atoms with van der Waals surface area (Å²) in [6.07, 6.45) is 0.0694. The maximum atomic E-state index is 11.0. The third-order valence-electron chi connectivity index (χ3n) is 3.17. The van der Waals surface area contributed by atoms with Crippen molar-refractivity contribution in [2.45, 2.75) is 32.6 Å². The molecule has 0 amide bonds. The summed E-state index contributed by atoms with van der Waals surface area (Å²) in [4.78, 5) is 11.0. The molecule has 0 aromatic heterocycles. The Bertz CT molecular complexity index is 508. The Labute approximate surface area is 114 Å². The maximum absolute atomic E-state index is 11.0. The highest BCUT2D eigenvalue weighted by Crippen LogP contribution is 2.46. The number of benzene rings is 1. The summed E-state index contributed by atoms with van der Waals surface area (Å²) < 4.78 is 11.6. The fourth-order valence-corrected chi connectivity index (χ4v) is 2.86. The highest BCUT2D eigenvalue weighted by atomic mass is 79.9. The van der Waals surface area contributed by atoms with Crippen molar-refractivity contribution in [1.29, 1.82) is 0 Å². The van der Waals surface area contributed by atoms with Gasteiger partial charge >= 0.3 is 5.97 Å². The van der Waals surface area contributed by atoms with E-state index in [1.807, 2.05) is 26.8 Å². The maximum Gasteiger partial charge on any atom is 0.304 e. The monoisotopic (exact) mass is 314 g/mol. The van der Waals surface area contributed by atoms with Gasteiger partial charge in [0.2, 0.25) is 6.79 Å². The first-order valence-corrected chi connectivity index (χ1v) is 6.43. The van der Waals surface area contributed by atoms with Gasteiger partial charge in [0.1, 0.15) is 0 Å². The van der Waals surface area contributed by atoms with Gasteiger partial charge in [-0.05, 0) is 40.0 Å². The van der Waals surface area contributed by atoms with Gasteiger partial charge in [0.05, 0.1) is 10.9 Å². The first-order valence-electron chi connectivity index (χ1n) is 5.64. The van der Waals surface area contributed by atoms with Gasteiger partial charge in [0.15, 0.2) is 11.5 Å². The second-order valence-electron chi connectivity index (χ2n) is 5.05. The zero-order valence-electron chi connectivity index (χ0n) is 10.5. The van der Waals surface area contributed by atoms with Crippen molar-refractivity contribution in [2.75, 3.05) is 6.79 Å². The average molecular weight is 315 g/mol. The SMILES string of the molecule is Cc1c(C(C)(C)CC(=O)O)cc(Br)c2c1OCO2. The van der Waals surface area contributed by atoms with E-state index < -0.39 is 11.4 Å². The van der Waals surface area contributed by atoms with E-state index in [1.54, 1.807) is 0 Å². The van der Waals surface area contributed by atoms with Crippen molar-refractivity contribution >= 4 is 21.9 Å². The Hall–Kier alpha value is -1.23. The normalized spacial score (nSPS) is 13.8. The lowest BCUT2D eigenvalue weighted by Gasteiger charge is -2.26. The summed E-state index contributed by atoms with van der Waals surface area (Å²) in [5.41, 5.74) is 1.44. The third kappa shape index (κ3) is 2.19. The number of halogens is 1. The van der Waals surface area contributed by atoms with E-state index in [-0.39, 0.29) is 13.2 Å². The summed E-state index contributed by atoms with van der Waals surface area (Å²) in [5, 5.41) is 9.00. The molecule has 0 fully saturated rings. The molecule has 1 aliphatic rings.